The number of benzene rings is 2. The van der Waals surface area contributed by atoms with Gasteiger partial charge in [-0.25, -0.2) is 5.06 Å². The minimum Gasteiger partial charge on any atom is -0.351 e. The molecule has 2 amide bonds. The van der Waals surface area contributed by atoms with E-state index in [4.69, 9.17) is 0 Å². The molecular formula is C22H26N2O3. The first-order chi connectivity index (χ1) is 13.2. The average Bonchev–Trinajstić information content (AvgIpc) is 2.74. The van der Waals surface area contributed by atoms with Gasteiger partial charge in [0.2, 0.25) is 5.91 Å². The smallest absolute Gasteiger partial charge is 0.263 e. The minimum absolute atomic E-state index is 0.209. The van der Waals surface area contributed by atoms with Gasteiger partial charge in [-0.15, -0.1) is 0 Å². The molecule has 5 heteroatoms. The van der Waals surface area contributed by atoms with Gasteiger partial charge in [0.1, 0.15) is 5.92 Å². The Morgan fingerprint density at radius 2 is 1.56 bits per heavy atom. The summed E-state index contributed by atoms with van der Waals surface area (Å²) in [5.74, 6) is -2.01. The van der Waals surface area contributed by atoms with Crippen molar-refractivity contribution in [3.8, 4) is 0 Å². The number of nitrogens with one attached hydrogen (secondary N) is 1. The van der Waals surface area contributed by atoms with E-state index < -0.39 is 17.7 Å². The van der Waals surface area contributed by atoms with Gasteiger partial charge < -0.3 is 5.32 Å². The van der Waals surface area contributed by atoms with Crippen LogP contribution in [0.1, 0.15) is 49.1 Å². The molecule has 2 N–H and O–H groups in total. The van der Waals surface area contributed by atoms with Gasteiger partial charge in [0, 0.05) is 6.54 Å². The Morgan fingerprint density at radius 1 is 0.963 bits per heavy atom. The number of hydroxylamine groups is 2. The predicted octanol–water partition coefficient (Wildman–Crippen LogP) is 3.64. The van der Waals surface area contributed by atoms with Crippen LogP contribution in [-0.4, -0.2) is 28.1 Å². The molecule has 0 spiro atoms. The van der Waals surface area contributed by atoms with Gasteiger partial charge in [-0.1, -0.05) is 79.9 Å². The third-order valence-electron chi connectivity index (χ3n) is 5.10. The molecule has 1 aliphatic rings. The molecule has 0 heterocycles. The number of carbonyl (C=O) groups is 2. The summed E-state index contributed by atoms with van der Waals surface area (Å²) in [7, 11) is 0. The Morgan fingerprint density at radius 3 is 2.19 bits per heavy atom. The molecule has 2 aromatic carbocycles. The zero-order chi connectivity index (χ0) is 19.1. The summed E-state index contributed by atoms with van der Waals surface area (Å²) < 4.78 is 0. The van der Waals surface area contributed by atoms with Crippen molar-refractivity contribution in [2.75, 3.05) is 0 Å². The summed E-state index contributed by atoms with van der Waals surface area (Å²) in [4.78, 5) is 25.9. The minimum atomic E-state index is -1.05. The maximum atomic E-state index is 13.0. The molecule has 0 bridgehead atoms. The largest absolute Gasteiger partial charge is 0.351 e. The molecule has 1 atom stereocenters. The lowest BCUT2D eigenvalue weighted by atomic mass is 9.92. The number of hydrogen-bond donors (Lipinski definition) is 2. The van der Waals surface area contributed by atoms with E-state index in [0.29, 0.717) is 12.1 Å². The summed E-state index contributed by atoms with van der Waals surface area (Å²) in [6.45, 7) is 0.338. The lowest BCUT2D eigenvalue weighted by Gasteiger charge is -2.31. The van der Waals surface area contributed by atoms with Crippen LogP contribution in [0.25, 0.3) is 0 Å². The maximum absolute atomic E-state index is 13.0. The summed E-state index contributed by atoms with van der Waals surface area (Å²) in [5.41, 5.74) is 1.54. The Labute approximate surface area is 160 Å². The fourth-order valence-corrected chi connectivity index (χ4v) is 3.58. The monoisotopic (exact) mass is 366 g/mol. The van der Waals surface area contributed by atoms with Crippen LogP contribution in [0.15, 0.2) is 60.7 Å². The van der Waals surface area contributed by atoms with Crippen molar-refractivity contribution in [2.45, 2.75) is 50.6 Å². The molecule has 142 valence electrons. The quantitative estimate of drug-likeness (QED) is 0.466. The molecule has 3 rings (SSSR count). The first-order valence-corrected chi connectivity index (χ1v) is 9.55. The molecule has 0 saturated heterocycles. The van der Waals surface area contributed by atoms with Gasteiger partial charge in [0.05, 0.1) is 6.04 Å². The van der Waals surface area contributed by atoms with Crippen LogP contribution in [0.3, 0.4) is 0 Å². The van der Waals surface area contributed by atoms with Crippen LogP contribution in [0.4, 0.5) is 0 Å². The van der Waals surface area contributed by atoms with Gasteiger partial charge in [-0.3, -0.25) is 14.8 Å². The average molecular weight is 366 g/mol. The normalized spacial score (nSPS) is 15.7. The number of amides is 2. The fourth-order valence-electron chi connectivity index (χ4n) is 3.58. The number of nitrogens with zero attached hydrogens (tertiary/aromatic N) is 1. The Bertz CT molecular complexity index is 743. The van der Waals surface area contributed by atoms with E-state index in [1.54, 1.807) is 24.3 Å². The van der Waals surface area contributed by atoms with E-state index in [1.165, 1.54) is 0 Å². The Kier molecular flexibility index (Phi) is 6.60. The molecule has 1 saturated carbocycles. The Hall–Kier alpha value is -2.66. The summed E-state index contributed by atoms with van der Waals surface area (Å²) >= 11 is 0. The molecule has 27 heavy (non-hydrogen) atoms. The third kappa shape index (κ3) is 4.95. The molecule has 1 fully saturated rings. The highest BCUT2D eigenvalue weighted by molar-refractivity contribution is 6.05. The van der Waals surface area contributed by atoms with Crippen LogP contribution < -0.4 is 5.32 Å². The highest BCUT2D eigenvalue weighted by Gasteiger charge is 2.35. The van der Waals surface area contributed by atoms with Crippen LogP contribution in [0.5, 0.6) is 0 Å². The van der Waals surface area contributed by atoms with E-state index in [9.17, 15) is 14.8 Å². The van der Waals surface area contributed by atoms with Crippen LogP contribution in [-0.2, 0) is 16.1 Å². The molecule has 0 aromatic heterocycles. The first kappa shape index (κ1) is 19.1. The third-order valence-corrected chi connectivity index (χ3v) is 5.10. The van der Waals surface area contributed by atoms with Crippen LogP contribution >= 0.6 is 0 Å². The van der Waals surface area contributed by atoms with Gasteiger partial charge in [-0.05, 0) is 24.0 Å². The van der Waals surface area contributed by atoms with Crippen LogP contribution in [0.2, 0.25) is 0 Å². The zero-order valence-electron chi connectivity index (χ0n) is 15.4. The van der Waals surface area contributed by atoms with E-state index in [0.717, 1.165) is 42.7 Å². The van der Waals surface area contributed by atoms with Gasteiger partial charge >= 0.3 is 0 Å². The van der Waals surface area contributed by atoms with Crippen molar-refractivity contribution in [3.63, 3.8) is 0 Å². The molecule has 5 nitrogen and oxygen atoms in total. The number of carbonyl (C=O) groups excluding carboxylic acids is 2. The predicted molar refractivity (Wildman–Crippen MR) is 103 cm³/mol. The van der Waals surface area contributed by atoms with E-state index in [1.807, 2.05) is 36.4 Å². The molecule has 0 radical (unpaired) electrons. The Balaban J connectivity index is 1.76. The molecular weight excluding hydrogens is 340 g/mol. The molecule has 1 unspecified atom stereocenters. The second kappa shape index (κ2) is 9.33. The van der Waals surface area contributed by atoms with Crippen molar-refractivity contribution in [1.82, 2.24) is 10.4 Å². The maximum Gasteiger partial charge on any atom is 0.263 e. The molecule has 2 aromatic rings. The molecule has 1 aliphatic carbocycles. The second-order valence-electron chi connectivity index (χ2n) is 7.02. The SMILES string of the molecule is O=C(NCc1ccccc1)C(C(=O)N(O)C1CCCCC1)c1ccccc1. The van der Waals surface area contributed by atoms with Crippen LogP contribution in [0, 0.1) is 0 Å². The van der Waals surface area contributed by atoms with Gasteiger partial charge in [0.25, 0.3) is 5.91 Å². The highest BCUT2D eigenvalue weighted by Crippen LogP contribution is 2.26. The second-order valence-corrected chi connectivity index (χ2v) is 7.02. The fraction of sp³-hybridized carbons (Fsp3) is 0.364. The topological polar surface area (TPSA) is 69.6 Å². The van der Waals surface area contributed by atoms with E-state index in [2.05, 4.69) is 5.32 Å². The number of hydrogen-bond acceptors (Lipinski definition) is 3. The lowest BCUT2D eigenvalue weighted by molar-refractivity contribution is -0.181. The summed E-state index contributed by atoms with van der Waals surface area (Å²) in [6.07, 6.45) is 4.65. The van der Waals surface area contributed by atoms with E-state index in [-0.39, 0.29) is 6.04 Å². The van der Waals surface area contributed by atoms with Crippen molar-refractivity contribution in [3.05, 3.63) is 71.8 Å². The lowest BCUT2D eigenvalue weighted by Crippen LogP contribution is -2.45. The molecule has 0 aliphatic heterocycles. The van der Waals surface area contributed by atoms with Gasteiger partial charge in [-0.2, -0.15) is 0 Å². The number of rotatable bonds is 6. The summed E-state index contributed by atoms with van der Waals surface area (Å²) in [6, 6.07) is 18.3. The standard InChI is InChI=1S/C22H26N2O3/c25-21(23-16-17-10-4-1-5-11-17)20(18-12-6-2-7-13-18)22(26)24(27)19-14-8-3-9-15-19/h1-2,4-7,10-13,19-20,27H,3,8-9,14-16H2,(H,23,25). The van der Waals surface area contributed by atoms with Crippen molar-refractivity contribution >= 4 is 11.8 Å². The first-order valence-electron chi connectivity index (χ1n) is 9.55. The van der Waals surface area contributed by atoms with Crippen molar-refractivity contribution < 1.29 is 14.8 Å². The zero-order valence-corrected chi connectivity index (χ0v) is 15.4. The highest BCUT2D eigenvalue weighted by atomic mass is 16.5. The van der Waals surface area contributed by atoms with Crippen molar-refractivity contribution in [1.29, 1.82) is 0 Å². The van der Waals surface area contributed by atoms with Gasteiger partial charge in [0.15, 0.2) is 0 Å². The van der Waals surface area contributed by atoms with Crippen molar-refractivity contribution in [2.24, 2.45) is 0 Å². The summed E-state index contributed by atoms with van der Waals surface area (Å²) in [5, 5.41) is 14.2. The van der Waals surface area contributed by atoms with E-state index >= 15 is 0 Å².